The van der Waals surface area contributed by atoms with Gasteiger partial charge in [-0.2, -0.15) is 13.2 Å². The van der Waals surface area contributed by atoms with Crippen LogP contribution in [0.2, 0.25) is 0 Å². The highest BCUT2D eigenvalue weighted by Gasteiger charge is 2.41. The van der Waals surface area contributed by atoms with Crippen LogP contribution in [0.4, 0.5) is 18.9 Å². The normalized spacial score (nSPS) is 21.7. The average Bonchev–Trinajstić information content (AvgIpc) is 2.91. The summed E-state index contributed by atoms with van der Waals surface area (Å²) in [6.45, 7) is 3.05. The molecule has 7 nitrogen and oxygen atoms in total. The summed E-state index contributed by atoms with van der Waals surface area (Å²) in [6, 6.07) is 7.26. The molecule has 5 rings (SSSR count). The molecule has 37 heavy (non-hydrogen) atoms. The van der Waals surface area contributed by atoms with Crippen LogP contribution in [0.3, 0.4) is 0 Å². The van der Waals surface area contributed by atoms with Gasteiger partial charge in [0, 0.05) is 61.8 Å². The number of fused-ring (bicyclic) bond motifs is 1. The fraction of sp³-hybridized carbons (Fsp3) is 0.519. The molecule has 1 atom stereocenters. The zero-order valence-electron chi connectivity index (χ0n) is 20.8. The number of alkyl halides is 3. The molecule has 198 valence electrons. The number of rotatable bonds is 7. The van der Waals surface area contributed by atoms with Gasteiger partial charge in [-0.1, -0.05) is 6.07 Å². The molecular weight excluding hydrogens is 485 g/mol. The van der Waals surface area contributed by atoms with Crippen molar-refractivity contribution in [2.75, 3.05) is 38.3 Å². The summed E-state index contributed by atoms with van der Waals surface area (Å²) in [5, 5.41) is 0. The van der Waals surface area contributed by atoms with E-state index in [0.717, 1.165) is 80.5 Å². The van der Waals surface area contributed by atoms with Crippen molar-refractivity contribution in [1.82, 2.24) is 15.0 Å². The molecule has 1 aliphatic heterocycles. The number of benzene rings is 1. The van der Waals surface area contributed by atoms with Gasteiger partial charge in [-0.3, -0.25) is 9.97 Å². The predicted octanol–water partition coefficient (Wildman–Crippen LogP) is 5.29. The van der Waals surface area contributed by atoms with Gasteiger partial charge in [-0.05, 0) is 50.2 Å². The molecule has 2 fully saturated rings. The minimum atomic E-state index is -4.46. The maximum absolute atomic E-state index is 13.1. The van der Waals surface area contributed by atoms with Gasteiger partial charge in [-0.25, -0.2) is 4.98 Å². The molecule has 2 aliphatic rings. The summed E-state index contributed by atoms with van der Waals surface area (Å²) in [6.07, 6.45) is 2.76. The van der Waals surface area contributed by atoms with Crippen molar-refractivity contribution < 1.29 is 27.4 Å². The van der Waals surface area contributed by atoms with Gasteiger partial charge in [-0.15, -0.1) is 0 Å². The second-order valence-electron chi connectivity index (χ2n) is 9.67. The molecule has 0 spiro atoms. The lowest BCUT2D eigenvalue weighted by molar-refractivity contribution is -0.216. The highest BCUT2D eigenvalue weighted by molar-refractivity contribution is 5.85. The molecule has 0 bridgehead atoms. The Morgan fingerprint density at radius 2 is 1.78 bits per heavy atom. The number of morpholine rings is 1. The van der Waals surface area contributed by atoms with Crippen LogP contribution < -0.4 is 9.64 Å². The molecule has 10 heteroatoms. The van der Waals surface area contributed by atoms with Crippen molar-refractivity contribution in [2.24, 2.45) is 5.92 Å². The smallest absolute Gasteiger partial charge is 0.418 e. The van der Waals surface area contributed by atoms with E-state index in [1.807, 2.05) is 0 Å². The first kappa shape index (κ1) is 25.7. The number of anilines is 1. The van der Waals surface area contributed by atoms with Crippen LogP contribution in [0.25, 0.3) is 11.0 Å². The molecule has 0 amide bonds. The fourth-order valence-electron chi connectivity index (χ4n) is 5.22. The van der Waals surface area contributed by atoms with Crippen LogP contribution in [0, 0.1) is 5.92 Å². The van der Waals surface area contributed by atoms with Gasteiger partial charge in [0.05, 0.1) is 24.8 Å². The van der Waals surface area contributed by atoms with E-state index in [1.165, 1.54) is 12.3 Å². The number of nitrogens with zero attached hydrogens (tertiary/aromatic N) is 4. The molecule has 0 radical (unpaired) electrons. The van der Waals surface area contributed by atoms with E-state index in [1.54, 1.807) is 18.5 Å². The number of hydrogen-bond acceptors (Lipinski definition) is 7. The zero-order chi connectivity index (χ0) is 25.8. The minimum absolute atomic E-state index is 0.0190. The van der Waals surface area contributed by atoms with Crippen LogP contribution in [-0.2, 0) is 15.9 Å². The Hall–Kier alpha value is -2.98. The second kappa shape index (κ2) is 11.2. The molecule has 0 N–H and O–H groups in total. The Kier molecular flexibility index (Phi) is 7.76. The quantitative estimate of drug-likeness (QED) is 0.423. The highest BCUT2D eigenvalue weighted by Crippen LogP contribution is 2.36. The Balaban J connectivity index is 1.21. The molecule has 1 unspecified atom stereocenters. The average molecular weight is 517 g/mol. The van der Waals surface area contributed by atoms with Crippen molar-refractivity contribution in [3.05, 3.63) is 54.1 Å². The van der Waals surface area contributed by atoms with Gasteiger partial charge >= 0.3 is 6.18 Å². The summed E-state index contributed by atoms with van der Waals surface area (Å²) in [7, 11) is 1.06. The zero-order valence-corrected chi connectivity index (χ0v) is 20.8. The van der Waals surface area contributed by atoms with Gasteiger partial charge in [0.15, 0.2) is 6.10 Å². The van der Waals surface area contributed by atoms with Crippen molar-refractivity contribution in [1.29, 1.82) is 0 Å². The van der Waals surface area contributed by atoms with E-state index in [2.05, 4.69) is 36.7 Å². The Labute approximate surface area is 214 Å². The number of hydrogen-bond donors (Lipinski definition) is 0. The third kappa shape index (κ3) is 6.13. The number of aromatic nitrogens is 3. The lowest BCUT2D eigenvalue weighted by Crippen LogP contribution is -2.36. The molecule has 1 saturated carbocycles. The van der Waals surface area contributed by atoms with Crippen LogP contribution in [0.5, 0.6) is 5.75 Å². The van der Waals surface area contributed by atoms with E-state index in [-0.39, 0.29) is 11.7 Å². The van der Waals surface area contributed by atoms with Gasteiger partial charge in [0.25, 0.3) is 0 Å². The summed E-state index contributed by atoms with van der Waals surface area (Å²) in [4.78, 5) is 15.6. The monoisotopic (exact) mass is 516 g/mol. The van der Waals surface area contributed by atoms with Crippen LogP contribution in [0.1, 0.15) is 43.0 Å². The second-order valence-corrected chi connectivity index (χ2v) is 9.67. The maximum atomic E-state index is 13.1. The van der Waals surface area contributed by atoms with E-state index in [0.29, 0.717) is 19.1 Å². The number of halogens is 3. The van der Waals surface area contributed by atoms with Crippen LogP contribution in [0.15, 0.2) is 42.9 Å². The largest absolute Gasteiger partial charge is 0.488 e. The predicted molar refractivity (Wildman–Crippen MR) is 133 cm³/mol. The topological polar surface area (TPSA) is 69.6 Å². The molecule has 1 aliphatic carbocycles. The fourth-order valence-corrected chi connectivity index (χ4v) is 5.22. The van der Waals surface area contributed by atoms with Crippen molar-refractivity contribution >= 4 is 16.7 Å². The van der Waals surface area contributed by atoms with Crippen LogP contribution in [-0.4, -0.2) is 60.6 Å². The summed E-state index contributed by atoms with van der Waals surface area (Å²) in [5.41, 5.74) is 3.45. The van der Waals surface area contributed by atoms with Gasteiger partial charge < -0.3 is 19.1 Å². The van der Waals surface area contributed by atoms with Crippen LogP contribution >= 0.6 is 0 Å². The molecule has 1 aromatic carbocycles. The number of ether oxygens (including phenoxy) is 3. The van der Waals surface area contributed by atoms with E-state index in [4.69, 9.17) is 9.47 Å². The molecule has 3 heterocycles. The molecule has 3 aromatic rings. The number of pyridine rings is 1. The minimum Gasteiger partial charge on any atom is -0.488 e. The third-order valence-electron chi connectivity index (χ3n) is 7.17. The molecular formula is C27H31F3N4O3. The SMILES string of the molecule is COC(c1ccc(CC2CCC(Oc3cc(N4CCOCC4)cc4nccnc34)CC2)nc1)C(F)(F)F. The van der Waals surface area contributed by atoms with Gasteiger partial charge in [0.1, 0.15) is 11.3 Å². The van der Waals surface area contributed by atoms with E-state index >= 15 is 0 Å². The first-order valence-corrected chi connectivity index (χ1v) is 12.7. The summed E-state index contributed by atoms with van der Waals surface area (Å²) < 4.78 is 55.9. The highest BCUT2D eigenvalue weighted by atomic mass is 19.4. The lowest BCUT2D eigenvalue weighted by atomic mass is 9.84. The molecule has 2 aromatic heterocycles. The first-order chi connectivity index (χ1) is 17.9. The lowest BCUT2D eigenvalue weighted by Gasteiger charge is -2.31. The van der Waals surface area contributed by atoms with Crippen molar-refractivity contribution in [3.8, 4) is 5.75 Å². The third-order valence-corrected chi connectivity index (χ3v) is 7.17. The summed E-state index contributed by atoms with van der Waals surface area (Å²) >= 11 is 0. The van der Waals surface area contributed by atoms with E-state index in [9.17, 15) is 13.2 Å². The summed E-state index contributed by atoms with van der Waals surface area (Å²) in [5.74, 6) is 1.17. The Morgan fingerprint density at radius 1 is 1.03 bits per heavy atom. The maximum Gasteiger partial charge on any atom is 0.418 e. The van der Waals surface area contributed by atoms with Gasteiger partial charge in [0.2, 0.25) is 0 Å². The standard InChI is InChI=1S/C27H31F3N4O3/c1-35-26(27(28,29)30)19-4-5-20(33-17-19)14-18-2-6-22(7-3-18)37-24-16-21(34-10-12-36-13-11-34)15-23-25(24)32-9-8-31-23/h4-5,8-9,15-18,22,26H,2-3,6-7,10-14H2,1H3. The van der Waals surface area contributed by atoms with Crippen molar-refractivity contribution in [2.45, 2.75) is 50.5 Å². The Bertz CT molecular complexity index is 1180. The number of methoxy groups -OCH3 is 1. The van der Waals surface area contributed by atoms with E-state index < -0.39 is 12.3 Å². The Morgan fingerprint density at radius 3 is 2.46 bits per heavy atom. The van der Waals surface area contributed by atoms with Crippen molar-refractivity contribution in [3.63, 3.8) is 0 Å². The first-order valence-electron chi connectivity index (χ1n) is 12.7. The molecule has 1 saturated heterocycles.